The molecule has 1 aromatic heterocycles. The van der Waals surface area contributed by atoms with Gasteiger partial charge in [0.25, 0.3) is 5.91 Å². The molecule has 0 fully saturated rings. The number of rotatable bonds is 4. The zero-order chi connectivity index (χ0) is 17.9. The van der Waals surface area contributed by atoms with Gasteiger partial charge in [0.2, 0.25) is 0 Å². The standard InChI is InChI=1S/C20H18N2O4/c1-13-2-4-14(5-3-13)20(23)21-12-16-11-18(26-22-16)15-6-7-17-19(10-15)25-9-8-24-17/h2-7,10-11H,8-9,12H2,1H3,(H,21,23). The highest BCUT2D eigenvalue weighted by atomic mass is 16.6. The number of carbonyl (C=O) groups excluding carboxylic acids is 1. The smallest absolute Gasteiger partial charge is 0.251 e. The summed E-state index contributed by atoms with van der Waals surface area (Å²) in [7, 11) is 0. The van der Waals surface area contributed by atoms with Gasteiger partial charge in [-0.3, -0.25) is 4.79 Å². The number of carbonyl (C=O) groups is 1. The number of nitrogens with zero attached hydrogens (tertiary/aromatic N) is 1. The molecular weight excluding hydrogens is 332 g/mol. The number of benzene rings is 2. The number of aryl methyl sites for hydroxylation is 1. The minimum Gasteiger partial charge on any atom is -0.486 e. The van der Waals surface area contributed by atoms with E-state index in [-0.39, 0.29) is 5.91 Å². The molecule has 0 saturated carbocycles. The Hall–Kier alpha value is -3.28. The van der Waals surface area contributed by atoms with Crippen LogP contribution in [0.3, 0.4) is 0 Å². The Morgan fingerprint density at radius 3 is 2.62 bits per heavy atom. The van der Waals surface area contributed by atoms with E-state index in [0.29, 0.717) is 42.5 Å². The summed E-state index contributed by atoms with van der Waals surface area (Å²) in [5.41, 5.74) is 3.22. The lowest BCUT2D eigenvalue weighted by Crippen LogP contribution is -2.22. The predicted molar refractivity (Wildman–Crippen MR) is 95.3 cm³/mol. The monoisotopic (exact) mass is 350 g/mol. The molecule has 2 heterocycles. The van der Waals surface area contributed by atoms with Crippen molar-refractivity contribution in [3.8, 4) is 22.8 Å². The summed E-state index contributed by atoms with van der Waals surface area (Å²) < 4.78 is 16.5. The molecule has 3 aromatic rings. The minimum atomic E-state index is -0.145. The molecule has 6 nitrogen and oxygen atoms in total. The molecule has 26 heavy (non-hydrogen) atoms. The second-order valence-corrected chi connectivity index (χ2v) is 6.09. The highest BCUT2D eigenvalue weighted by Crippen LogP contribution is 2.34. The molecule has 1 aliphatic rings. The number of ether oxygens (including phenoxy) is 2. The fraction of sp³-hybridized carbons (Fsp3) is 0.200. The topological polar surface area (TPSA) is 73.6 Å². The maximum Gasteiger partial charge on any atom is 0.251 e. The first-order valence-corrected chi connectivity index (χ1v) is 8.39. The fourth-order valence-electron chi connectivity index (χ4n) is 2.71. The van der Waals surface area contributed by atoms with Crippen molar-refractivity contribution in [1.82, 2.24) is 10.5 Å². The van der Waals surface area contributed by atoms with E-state index in [9.17, 15) is 4.79 Å². The van der Waals surface area contributed by atoms with E-state index in [1.54, 1.807) is 18.2 Å². The highest BCUT2D eigenvalue weighted by molar-refractivity contribution is 5.94. The van der Waals surface area contributed by atoms with Crippen LogP contribution in [0.4, 0.5) is 0 Å². The molecule has 4 rings (SSSR count). The van der Waals surface area contributed by atoms with Gasteiger partial charge in [-0.25, -0.2) is 0 Å². The van der Waals surface area contributed by atoms with E-state index in [0.717, 1.165) is 16.9 Å². The molecule has 1 aliphatic heterocycles. The Bertz CT molecular complexity index is 931. The van der Waals surface area contributed by atoms with Crippen LogP contribution in [-0.4, -0.2) is 24.3 Å². The van der Waals surface area contributed by atoms with Gasteiger partial charge in [0.15, 0.2) is 17.3 Å². The van der Waals surface area contributed by atoms with E-state index in [2.05, 4.69) is 10.5 Å². The lowest BCUT2D eigenvalue weighted by Gasteiger charge is -2.18. The van der Waals surface area contributed by atoms with Gasteiger partial charge in [0.1, 0.15) is 18.9 Å². The Balaban J connectivity index is 1.43. The van der Waals surface area contributed by atoms with E-state index in [4.69, 9.17) is 14.0 Å². The van der Waals surface area contributed by atoms with Gasteiger partial charge in [0.05, 0.1) is 6.54 Å². The molecule has 0 aliphatic carbocycles. The van der Waals surface area contributed by atoms with Crippen LogP contribution < -0.4 is 14.8 Å². The molecule has 0 bridgehead atoms. The minimum absolute atomic E-state index is 0.145. The number of aromatic nitrogens is 1. The first-order valence-electron chi connectivity index (χ1n) is 8.39. The molecule has 0 unspecified atom stereocenters. The van der Waals surface area contributed by atoms with E-state index in [1.807, 2.05) is 37.3 Å². The van der Waals surface area contributed by atoms with Crippen LogP contribution in [0, 0.1) is 6.92 Å². The zero-order valence-electron chi connectivity index (χ0n) is 14.3. The van der Waals surface area contributed by atoms with Gasteiger partial charge in [-0.05, 0) is 37.3 Å². The molecule has 1 N–H and O–H groups in total. The first-order chi connectivity index (χ1) is 12.7. The molecule has 0 atom stereocenters. The van der Waals surface area contributed by atoms with Crippen molar-refractivity contribution < 1.29 is 18.8 Å². The summed E-state index contributed by atoms with van der Waals surface area (Å²) in [5.74, 6) is 1.89. The van der Waals surface area contributed by atoms with Crippen molar-refractivity contribution in [3.63, 3.8) is 0 Å². The van der Waals surface area contributed by atoms with E-state index < -0.39 is 0 Å². The van der Waals surface area contributed by atoms with Gasteiger partial charge in [-0.2, -0.15) is 0 Å². The van der Waals surface area contributed by atoms with Crippen molar-refractivity contribution in [2.75, 3.05) is 13.2 Å². The summed E-state index contributed by atoms with van der Waals surface area (Å²) >= 11 is 0. The summed E-state index contributed by atoms with van der Waals surface area (Å²) in [4.78, 5) is 12.2. The molecule has 0 spiro atoms. The maximum absolute atomic E-state index is 12.2. The summed E-state index contributed by atoms with van der Waals surface area (Å²) in [6, 6.07) is 14.8. The zero-order valence-corrected chi connectivity index (χ0v) is 14.3. The predicted octanol–water partition coefficient (Wildman–Crippen LogP) is 3.35. The van der Waals surface area contributed by atoms with Gasteiger partial charge in [0, 0.05) is 17.2 Å². The number of nitrogens with one attached hydrogen (secondary N) is 1. The Morgan fingerprint density at radius 2 is 1.81 bits per heavy atom. The van der Waals surface area contributed by atoms with Crippen LogP contribution >= 0.6 is 0 Å². The molecule has 0 radical (unpaired) electrons. The third kappa shape index (κ3) is 3.39. The van der Waals surface area contributed by atoms with Crippen LogP contribution in [0.15, 0.2) is 53.1 Å². The fourth-order valence-corrected chi connectivity index (χ4v) is 2.71. The first kappa shape index (κ1) is 16.2. The largest absolute Gasteiger partial charge is 0.486 e. The van der Waals surface area contributed by atoms with Crippen LogP contribution in [0.25, 0.3) is 11.3 Å². The number of hydrogen-bond acceptors (Lipinski definition) is 5. The van der Waals surface area contributed by atoms with E-state index in [1.165, 1.54) is 0 Å². The van der Waals surface area contributed by atoms with Crippen LogP contribution in [0.2, 0.25) is 0 Å². The van der Waals surface area contributed by atoms with E-state index >= 15 is 0 Å². The van der Waals surface area contributed by atoms with Crippen molar-refractivity contribution in [1.29, 1.82) is 0 Å². The van der Waals surface area contributed by atoms with Crippen molar-refractivity contribution in [2.45, 2.75) is 13.5 Å². The molecule has 132 valence electrons. The van der Waals surface area contributed by atoms with Gasteiger partial charge in [-0.15, -0.1) is 0 Å². The van der Waals surface area contributed by atoms with Crippen LogP contribution in [-0.2, 0) is 6.54 Å². The average Bonchev–Trinajstić information content (AvgIpc) is 3.15. The average molecular weight is 350 g/mol. The summed E-state index contributed by atoms with van der Waals surface area (Å²) in [6.45, 7) is 3.36. The SMILES string of the molecule is Cc1ccc(C(=O)NCc2cc(-c3ccc4c(c3)OCCO4)on2)cc1. The number of amides is 1. The molecule has 6 heteroatoms. The third-order valence-electron chi connectivity index (χ3n) is 4.13. The second-order valence-electron chi connectivity index (χ2n) is 6.09. The van der Waals surface area contributed by atoms with Gasteiger partial charge in [-0.1, -0.05) is 22.9 Å². The molecule has 0 saturated heterocycles. The van der Waals surface area contributed by atoms with Gasteiger partial charge >= 0.3 is 0 Å². The Morgan fingerprint density at radius 1 is 1.04 bits per heavy atom. The lowest BCUT2D eigenvalue weighted by atomic mass is 10.1. The lowest BCUT2D eigenvalue weighted by molar-refractivity contribution is 0.0950. The number of hydrogen-bond donors (Lipinski definition) is 1. The second kappa shape index (κ2) is 6.92. The Labute approximate surface area is 150 Å². The number of fused-ring (bicyclic) bond motifs is 1. The quantitative estimate of drug-likeness (QED) is 0.781. The van der Waals surface area contributed by atoms with Crippen molar-refractivity contribution in [3.05, 3.63) is 65.4 Å². The maximum atomic E-state index is 12.2. The highest BCUT2D eigenvalue weighted by Gasteiger charge is 2.15. The molecule has 2 aromatic carbocycles. The molecule has 1 amide bonds. The van der Waals surface area contributed by atoms with Gasteiger partial charge < -0.3 is 19.3 Å². The normalized spacial score (nSPS) is 12.7. The summed E-state index contributed by atoms with van der Waals surface area (Å²) in [6.07, 6.45) is 0. The van der Waals surface area contributed by atoms with Crippen molar-refractivity contribution in [2.24, 2.45) is 0 Å². The molecular formula is C20H18N2O4. The van der Waals surface area contributed by atoms with Crippen LogP contribution in [0.1, 0.15) is 21.6 Å². The third-order valence-corrected chi connectivity index (χ3v) is 4.13. The van der Waals surface area contributed by atoms with Crippen LogP contribution in [0.5, 0.6) is 11.5 Å². The summed E-state index contributed by atoms with van der Waals surface area (Å²) in [5, 5.41) is 6.87. The Kier molecular flexibility index (Phi) is 4.31. The van der Waals surface area contributed by atoms with Crippen molar-refractivity contribution >= 4 is 5.91 Å².